The molecular weight excluding hydrogens is 240 g/mol. The second-order valence-corrected chi connectivity index (χ2v) is 4.51. The van der Waals surface area contributed by atoms with Crippen LogP contribution in [0.3, 0.4) is 0 Å². The van der Waals surface area contributed by atoms with Gasteiger partial charge in [0.05, 0.1) is 12.6 Å². The minimum Gasteiger partial charge on any atom is -0.383 e. The zero-order valence-corrected chi connectivity index (χ0v) is 11.0. The molecule has 0 aliphatic carbocycles. The number of nitrogens with one attached hydrogen (secondary N) is 1. The van der Waals surface area contributed by atoms with Crippen LogP contribution in [0.5, 0.6) is 0 Å². The van der Waals surface area contributed by atoms with E-state index in [-0.39, 0.29) is 17.9 Å². The number of amides is 1. The highest BCUT2D eigenvalue weighted by molar-refractivity contribution is 6.29. The highest BCUT2D eigenvalue weighted by atomic mass is 35.5. The summed E-state index contributed by atoms with van der Waals surface area (Å²) < 4.78 is 5.06. The van der Waals surface area contributed by atoms with Gasteiger partial charge in [-0.1, -0.05) is 31.5 Å². The molecule has 0 fully saturated rings. The standard InChI is InChI=1S/C12H17ClN2O2/c1-8(2)10(7-17-3)15-12(16)9-5-4-6-11(13)14-9/h4-6,8,10H,7H2,1-3H3,(H,15,16). The average Bonchev–Trinajstić information content (AvgIpc) is 2.28. The first kappa shape index (κ1) is 13.9. The number of carbonyl (C=O) groups excluding carboxylic acids is 1. The molecule has 1 rings (SSSR count). The Bertz CT molecular complexity index is 383. The van der Waals surface area contributed by atoms with Crippen molar-refractivity contribution in [2.45, 2.75) is 19.9 Å². The fraction of sp³-hybridized carbons (Fsp3) is 0.500. The summed E-state index contributed by atoms with van der Waals surface area (Å²) in [5.41, 5.74) is 0.319. The SMILES string of the molecule is COCC(NC(=O)c1cccc(Cl)n1)C(C)C. The molecule has 1 N–H and O–H groups in total. The van der Waals surface area contributed by atoms with E-state index >= 15 is 0 Å². The van der Waals surface area contributed by atoms with Crippen LogP contribution in [-0.4, -0.2) is 30.6 Å². The Hall–Kier alpha value is -1.13. The summed E-state index contributed by atoms with van der Waals surface area (Å²) in [7, 11) is 1.61. The van der Waals surface area contributed by atoms with Crippen molar-refractivity contribution in [1.29, 1.82) is 0 Å². The van der Waals surface area contributed by atoms with Gasteiger partial charge in [-0.05, 0) is 18.1 Å². The molecule has 1 amide bonds. The van der Waals surface area contributed by atoms with Crippen LogP contribution < -0.4 is 5.32 Å². The third-order valence-corrected chi connectivity index (χ3v) is 2.63. The van der Waals surface area contributed by atoms with Crippen molar-refractivity contribution in [3.8, 4) is 0 Å². The maximum atomic E-state index is 11.9. The topological polar surface area (TPSA) is 51.2 Å². The lowest BCUT2D eigenvalue weighted by Gasteiger charge is -2.21. The van der Waals surface area contributed by atoms with E-state index < -0.39 is 0 Å². The second-order valence-electron chi connectivity index (χ2n) is 4.12. The van der Waals surface area contributed by atoms with Crippen LogP contribution in [0.15, 0.2) is 18.2 Å². The number of hydrogen-bond donors (Lipinski definition) is 1. The van der Waals surface area contributed by atoms with Gasteiger partial charge in [0.15, 0.2) is 0 Å². The zero-order valence-electron chi connectivity index (χ0n) is 10.2. The fourth-order valence-electron chi connectivity index (χ4n) is 1.36. The first-order valence-corrected chi connectivity index (χ1v) is 5.84. The molecule has 0 saturated heterocycles. The number of nitrogens with zero attached hydrogens (tertiary/aromatic N) is 1. The molecular formula is C12H17ClN2O2. The zero-order chi connectivity index (χ0) is 12.8. The van der Waals surface area contributed by atoms with Crippen molar-refractivity contribution in [3.63, 3.8) is 0 Å². The normalized spacial score (nSPS) is 12.5. The van der Waals surface area contributed by atoms with E-state index in [0.717, 1.165) is 0 Å². The third-order valence-electron chi connectivity index (χ3n) is 2.42. The largest absolute Gasteiger partial charge is 0.383 e. The lowest BCUT2D eigenvalue weighted by molar-refractivity contribution is 0.0862. The summed E-state index contributed by atoms with van der Waals surface area (Å²) in [6.07, 6.45) is 0. The van der Waals surface area contributed by atoms with Gasteiger partial charge in [0.25, 0.3) is 5.91 Å². The first-order valence-electron chi connectivity index (χ1n) is 5.47. The lowest BCUT2D eigenvalue weighted by atomic mass is 10.1. The van der Waals surface area contributed by atoms with Crippen molar-refractivity contribution >= 4 is 17.5 Å². The number of pyridine rings is 1. The van der Waals surface area contributed by atoms with Crippen LogP contribution in [0, 0.1) is 5.92 Å². The molecule has 1 heterocycles. The van der Waals surface area contributed by atoms with Crippen molar-refractivity contribution in [2.75, 3.05) is 13.7 Å². The molecule has 1 aromatic rings. The van der Waals surface area contributed by atoms with Crippen LogP contribution >= 0.6 is 11.6 Å². The molecule has 1 unspecified atom stereocenters. The van der Waals surface area contributed by atoms with Gasteiger partial charge >= 0.3 is 0 Å². The van der Waals surface area contributed by atoms with E-state index in [1.807, 2.05) is 13.8 Å². The van der Waals surface area contributed by atoms with Gasteiger partial charge in [-0.15, -0.1) is 0 Å². The predicted octanol–water partition coefficient (Wildman–Crippen LogP) is 2.14. The fourth-order valence-corrected chi connectivity index (χ4v) is 1.52. The van der Waals surface area contributed by atoms with E-state index in [2.05, 4.69) is 10.3 Å². The number of methoxy groups -OCH3 is 1. The molecule has 5 heteroatoms. The van der Waals surface area contributed by atoms with Crippen LogP contribution in [0.2, 0.25) is 5.15 Å². The monoisotopic (exact) mass is 256 g/mol. The Balaban J connectivity index is 2.70. The second kappa shape index (κ2) is 6.57. The summed E-state index contributed by atoms with van der Waals surface area (Å²) in [6.45, 7) is 4.52. The highest BCUT2D eigenvalue weighted by Crippen LogP contribution is 2.07. The molecule has 0 aliphatic heterocycles. The molecule has 0 radical (unpaired) electrons. The van der Waals surface area contributed by atoms with Crippen molar-refractivity contribution < 1.29 is 9.53 Å². The summed E-state index contributed by atoms with van der Waals surface area (Å²) in [4.78, 5) is 15.9. The number of carbonyl (C=O) groups is 1. The quantitative estimate of drug-likeness (QED) is 0.822. The molecule has 0 bridgehead atoms. The number of ether oxygens (including phenoxy) is 1. The summed E-state index contributed by atoms with van der Waals surface area (Å²) in [5.74, 6) is 0.0568. The average molecular weight is 257 g/mol. The van der Waals surface area contributed by atoms with E-state index in [4.69, 9.17) is 16.3 Å². The predicted molar refractivity (Wildman–Crippen MR) is 67.2 cm³/mol. The Morgan fingerprint density at radius 3 is 2.76 bits per heavy atom. The minimum atomic E-state index is -0.233. The highest BCUT2D eigenvalue weighted by Gasteiger charge is 2.17. The minimum absolute atomic E-state index is 0.0340. The number of aromatic nitrogens is 1. The lowest BCUT2D eigenvalue weighted by Crippen LogP contribution is -2.41. The number of rotatable bonds is 5. The van der Waals surface area contributed by atoms with Crippen LogP contribution in [0.1, 0.15) is 24.3 Å². The smallest absolute Gasteiger partial charge is 0.270 e. The van der Waals surface area contributed by atoms with Gasteiger partial charge in [0.2, 0.25) is 0 Å². The Labute approximate surface area is 106 Å². The first-order chi connectivity index (χ1) is 8.04. The number of halogens is 1. The van der Waals surface area contributed by atoms with Crippen LogP contribution in [0.4, 0.5) is 0 Å². The van der Waals surface area contributed by atoms with E-state index in [1.54, 1.807) is 25.3 Å². The molecule has 4 nitrogen and oxygen atoms in total. The van der Waals surface area contributed by atoms with Crippen LogP contribution in [-0.2, 0) is 4.74 Å². The van der Waals surface area contributed by atoms with Gasteiger partial charge in [-0.3, -0.25) is 4.79 Å². The molecule has 0 spiro atoms. The van der Waals surface area contributed by atoms with Gasteiger partial charge in [0, 0.05) is 7.11 Å². The Morgan fingerprint density at radius 2 is 2.24 bits per heavy atom. The maximum Gasteiger partial charge on any atom is 0.270 e. The van der Waals surface area contributed by atoms with E-state index in [1.165, 1.54) is 0 Å². The van der Waals surface area contributed by atoms with Gasteiger partial charge in [-0.2, -0.15) is 0 Å². The van der Waals surface area contributed by atoms with Gasteiger partial charge in [-0.25, -0.2) is 4.98 Å². The van der Waals surface area contributed by atoms with Crippen molar-refractivity contribution in [3.05, 3.63) is 29.0 Å². The Kier molecular flexibility index (Phi) is 5.38. The molecule has 0 aliphatic rings. The van der Waals surface area contributed by atoms with E-state index in [9.17, 15) is 4.79 Å². The molecule has 0 aromatic carbocycles. The van der Waals surface area contributed by atoms with Gasteiger partial charge < -0.3 is 10.1 Å². The van der Waals surface area contributed by atoms with Gasteiger partial charge in [0.1, 0.15) is 10.8 Å². The summed E-state index contributed by atoms with van der Waals surface area (Å²) in [5, 5.41) is 3.19. The molecule has 0 saturated carbocycles. The Morgan fingerprint density at radius 1 is 1.53 bits per heavy atom. The third kappa shape index (κ3) is 4.32. The van der Waals surface area contributed by atoms with Crippen molar-refractivity contribution in [2.24, 2.45) is 5.92 Å². The van der Waals surface area contributed by atoms with Crippen LogP contribution in [0.25, 0.3) is 0 Å². The molecule has 1 atom stereocenters. The maximum absolute atomic E-state index is 11.9. The summed E-state index contributed by atoms with van der Waals surface area (Å²) in [6, 6.07) is 4.93. The molecule has 17 heavy (non-hydrogen) atoms. The molecule has 1 aromatic heterocycles. The number of hydrogen-bond acceptors (Lipinski definition) is 3. The van der Waals surface area contributed by atoms with E-state index in [0.29, 0.717) is 17.5 Å². The molecule has 94 valence electrons. The summed E-state index contributed by atoms with van der Waals surface area (Å²) >= 11 is 5.73. The van der Waals surface area contributed by atoms with Crippen molar-refractivity contribution in [1.82, 2.24) is 10.3 Å².